The number of carbonyl (C=O) groups is 1. The number of nitrogens with zero attached hydrogens (tertiary/aromatic N) is 3. The lowest BCUT2D eigenvalue weighted by Gasteiger charge is -2.30. The van der Waals surface area contributed by atoms with Crippen molar-refractivity contribution in [2.45, 2.75) is 23.7 Å². The van der Waals surface area contributed by atoms with Crippen LogP contribution >= 0.6 is 46.3 Å². The van der Waals surface area contributed by atoms with E-state index in [0.717, 1.165) is 10.6 Å². The van der Waals surface area contributed by atoms with E-state index in [1.807, 2.05) is 0 Å². The Labute approximate surface area is 182 Å². The van der Waals surface area contributed by atoms with Crippen molar-refractivity contribution in [3.8, 4) is 0 Å². The molecule has 12 heteroatoms. The Bertz CT molecular complexity index is 946. The normalized spacial score (nSPS) is 12.4. The van der Waals surface area contributed by atoms with Gasteiger partial charge in [-0.2, -0.15) is 0 Å². The minimum atomic E-state index is -3.80. The second-order valence-corrected chi connectivity index (χ2v) is 10.5. The van der Waals surface area contributed by atoms with Crippen molar-refractivity contribution in [3.63, 3.8) is 0 Å². The summed E-state index contributed by atoms with van der Waals surface area (Å²) in [7, 11) is -3.80. The van der Waals surface area contributed by atoms with Crippen LogP contribution in [0.3, 0.4) is 0 Å². The molecule has 1 aromatic carbocycles. The van der Waals surface area contributed by atoms with Crippen molar-refractivity contribution in [2.24, 2.45) is 0 Å². The van der Waals surface area contributed by atoms with Gasteiger partial charge in [0.05, 0.1) is 11.9 Å². The highest BCUT2D eigenvalue weighted by atomic mass is 35.5. The van der Waals surface area contributed by atoms with Crippen molar-refractivity contribution in [1.29, 1.82) is 0 Å². The number of hydrogen-bond donors (Lipinski definition) is 1. The molecule has 0 radical (unpaired) electrons. The van der Waals surface area contributed by atoms with E-state index < -0.39 is 22.0 Å². The molecule has 2 rings (SSSR count). The molecule has 1 N–H and O–H groups in total. The fourth-order valence-corrected chi connectivity index (χ4v) is 5.59. The van der Waals surface area contributed by atoms with Crippen LogP contribution in [0.2, 0.25) is 10.0 Å². The maximum absolute atomic E-state index is 12.8. The number of halogens is 2. The predicted molar refractivity (Wildman–Crippen MR) is 117 cm³/mol. The molecule has 1 atom stereocenters. The van der Waals surface area contributed by atoms with Crippen molar-refractivity contribution >= 4 is 73.0 Å². The highest BCUT2D eigenvalue weighted by Gasteiger charge is 2.32. The molecule has 1 amide bonds. The molecular weight excluding hydrogens is 463 g/mol. The lowest BCUT2D eigenvalue weighted by molar-refractivity contribution is -0.117. The zero-order valence-corrected chi connectivity index (χ0v) is 19.0. The number of thioether (sulfide) groups is 1. The third-order valence-electron chi connectivity index (χ3n) is 3.39. The van der Waals surface area contributed by atoms with Gasteiger partial charge in [0.1, 0.15) is 6.04 Å². The SMILES string of the molecule is C=CCSc1nnc(NC(=O)[C@@H](CC)N(c2cc(Cl)cc(Cl)c2)S(C)(=O)=O)s1. The summed E-state index contributed by atoms with van der Waals surface area (Å²) < 4.78 is 26.6. The first-order valence-electron chi connectivity index (χ1n) is 7.99. The maximum atomic E-state index is 12.8. The van der Waals surface area contributed by atoms with Gasteiger partial charge in [-0.1, -0.05) is 59.3 Å². The van der Waals surface area contributed by atoms with E-state index in [-0.39, 0.29) is 27.3 Å². The topological polar surface area (TPSA) is 92.3 Å². The molecule has 0 saturated heterocycles. The molecule has 0 aliphatic carbocycles. The van der Waals surface area contributed by atoms with Gasteiger partial charge in [0.25, 0.3) is 0 Å². The number of rotatable bonds is 9. The van der Waals surface area contributed by atoms with Crippen molar-refractivity contribution in [3.05, 3.63) is 40.9 Å². The number of carbonyl (C=O) groups excluding carboxylic acids is 1. The number of nitrogens with one attached hydrogen (secondary N) is 1. The zero-order valence-electron chi connectivity index (χ0n) is 15.1. The van der Waals surface area contributed by atoms with E-state index in [1.165, 1.54) is 41.3 Å². The fraction of sp³-hybridized carbons (Fsp3) is 0.312. The lowest BCUT2D eigenvalue weighted by Crippen LogP contribution is -2.47. The Morgan fingerprint density at radius 2 is 2.00 bits per heavy atom. The van der Waals surface area contributed by atoms with E-state index in [1.54, 1.807) is 13.0 Å². The van der Waals surface area contributed by atoms with E-state index >= 15 is 0 Å². The zero-order chi connectivity index (χ0) is 20.9. The van der Waals surface area contributed by atoms with Crippen molar-refractivity contribution in [1.82, 2.24) is 10.2 Å². The van der Waals surface area contributed by atoms with Gasteiger partial charge < -0.3 is 0 Å². The largest absolute Gasteiger partial charge is 0.299 e. The van der Waals surface area contributed by atoms with Crippen LogP contribution in [-0.4, -0.2) is 42.6 Å². The van der Waals surface area contributed by atoms with Crippen LogP contribution in [0, 0.1) is 0 Å². The second kappa shape index (κ2) is 9.93. The summed E-state index contributed by atoms with van der Waals surface area (Å²) >= 11 is 14.7. The number of benzene rings is 1. The smallest absolute Gasteiger partial charge is 0.250 e. The highest BCUT2D eigenvalue weighted by molar-refractivity contribution is 8.01. The van der Waals surface area contributed by atoms with E-state index in [9.17, 15) is 13.2 Å². The number of aromatic nitrogens is 2. The standard InChI is InChI=1S/C16H18Cl2N4O3S3/c1-4-6-26-16-21-20-15(27-16)19-14(23)13(5-2)22(28(3,24)25)12-8-10(17)7-11(18)9-12/h4,7-9,13H,1,5-6H2,2-3H3,(H,19,20,23)/t13-/m1/s1. The van der Waals surface area contributed by atoms with E-state index in [2.05, 4.69) is 22.1 Å². The van der Waals surface area contributed by atoms with Gasteiger partial charge in [-0.15, -0.1) is 16.8 Å². The number of amides is 1. The van der Waals surface area contributed by atoms with E-state index in [0.29, 0.717) is 10.1 Å². The molecule has 0 saturated carbocycles. The predicted octanol–water partition coefficient (Wildman–Crippen LogP) is 4.31. The molecule has 28 heavy (non-hydrogen) atoms. The molecule has 2 aromatic rings. The van der Waals surface area contributed by atoms with Gasteiger partial charge in [-0.3, -0.25) is 14.4 Å². The van der Waals surface area contributed by atoms with E-state index in [4.69, 9.17) is 23.2 Å². The molecule has 0 aliphatic rings. The molecule has 0 fully saturated rings. The van der Waals surface area contributed by atoms with Gasteiger partial charge in [-0.25, -0.2) is 8.42 Å². The van der Waals surface area contributed by atoms with Crippen LogP contribution in [0.5, 0.6) is 0 Å². The highest BCUT2D eigenvalue weighted by Crippen LogP contribution is 2.30. The van der Waals surface area contributed by atoms with Gasteiger partial charge in [-0.05, 0) is 24.6 Å². The number of anilines is 2. The first-order chi connectivity index (χ1) is 13.2. The van der Waals surface area contributed by atoms with Crippen LogP contribution in [-0.2, 0) is 14.8 Å². The minimum absolute atomic E-state index is 0.210. The van der Waals surface area contributed by atoms with Gasteiger partial charge >= 0.3 is 0 Å². The molecule has 0 spiro atoms. The molecular formula is C16H18Cl2N4O3S3. The van der Waals surface area contributed by atoms with Crippen LogP contribution in [0.15, 0.2) is 35.2 Å². The molecule has 0 aliphatic heterocycles. The van der Waals surface area contributed by atoms with Gasteiger partial charge in [0, 0.05) is 15.8 Å². The Hall–Kier alpha value is -1.33. The van der Waals surface area contributed by atoms with Gasteiger partial charge in [0.2, 0.25) is 21.1 Å². The third kappa shape index (κ3) is 6.08. The molecule has 0 bridgehead atoms. The Kier molecular flexibility index (Phi) is 8.14. The monoisotopic (exact) mass is 480 g/mol. The summed E-state index contributed by atoms with van der Waals surface area (Å²) in [5, 5.41) is 11.3. The first kappa shape index (κ1) is 23.0. The van der Waals surface area contributed by atoms with Crippen molar-refractivity contribution in [2.75, 3.05) is 21.6 Å². The summed E-state index contributed by atoms with van der Waals surface area (Å²) in [4.78, 5) is 12.8. The minimum Gasteiger partial charge on any atom is -0.299 e. The Balaban J connectivity index is 2.31. The average molecular weight is 481 g/mol. The molecule has 1 heterocycles. The summed E-state index contributed by atoms with van der Waals surface area (Å²) in [6, 6.07) is 3.36. The molecule has 7 nitrogen and oxygen atoms in total. The Morgan fingerprint density at radius 3 is 2.54 bits per heavy atom. The van der Waals surface area contributed by atoms with Crippen LogP contribution in [0.4, 0.5) is 10.8 Å². The molecule has 152 valence electrons. The summed E-state index contributed by atoms with van der Waals surface area (Å²) in [6.07, 6.45) is 2.98. The van der Waals surface area contributed by atoms with Gasteiger partial charge in [0.15, 0.2) is 4.34 Å². The maximum Gasteiger partial charge on any atom is 0.250 e. The summed E-state index contributed by atoms with van der Waals surface area (Å²) in [5.74, 6) is 0.137. The molecule has 1 aromatic heterocycles. The summed E-state index contributed by atoms with van der Waals surface area (Å²) in [5.41, 5.74) is 0.210. The van der Waals surface area contributed by atoms with Crippen LogP contribution in [0.25, 0.3) is 0 Å². The number of hydrogen-bond acceptors (Lipinski definition) is 7. The lowest BCUT2D eigenvalue weighted by atomic mass is 10.2. The summed E-state index contributed by atoms with van der Waals surface area (Å²) in [6.45, 7) is 5.34. The average Bonchev–Trinajstić information content (AvgIpc) is 3.02. The second-order valence-electron chi connectivity index (χ2n) is 5.57. The van der Waals surface area contributed by atoms with Crippen molar-refractivity contribution < 1.29 is 13.2 Å². The first-order valence-corrected chi connectivity index (χ1v) is 12.4. The Morgan fingerprint density at radius 1 is 1.36 bits per heavy atom. The third-order valence-corrected chi connectivity index (χ3v) is 6.98. The fourth-order valence-electron chi connectivity index (χ4n) is 2.36. The quantitative estimate of drug-likeness (QED) is 0.326. The number of sulfonamides is 1. The van der Waals surface area contributed by atoms with Crippen LogP contribution < -0.4 is 9.62 Å². The van der Waals surface area contributed by atoms with Crippen LogP contribution in [0.1, 0.15) is 13.3 Å². The molecule has 0 unspecified atom stereocenters.